The number of hydrazone groups is 1. The van der Waals surface area contributed by atoms with Gasteiger partial charge in [-0.2, -0.15) is 5.10 Å². The van der Waals surface area contributed by atoms with Crippen LogP contribution in [-0.2, 0) is 16.0 Å². The van der Waals surface area contributed by atoms with Crippen LogP contribution in [0, 0.1) is 0 Å². The molecule has 0 unspecified atom stereocenters. The van der Waals surface area contributed by atoms with E-state index in [4.69, 9.17) is 9.47 Å². The standard InChI is InChI=1S/C26H39N3O3S/c1-3-5-6-7-8-9-10-11-12-13-18-32-24-16-14-22(15-17-24)20-27-29-26-28-23(21-33-26)19-25(30)31-4-2/h14-17,20-21H,3-13,18-19H2,1-2H3,(H,28,29). The Morgan fingerprint density at radius 2 is 1.67 bits per heavy atom. The van der Waals surface area contributed by atoms with Gasteiger partial charge in [-0.15, -0.1) is 11.3 Å². The van der Waals surface area contributed by atoms with Crippen LogP contribution in [0.25, 0.3) is 0 Å². The molecule has 0 saturated carbocycles. The topological polar surface area (TPSA) is 72.8 Å². The highest BCUT2D eigenvalue weighted by molar-refractivity contribution is 7.13. The van der Waals surface area contributed by atoms with Crippen LogP contribution >= 0.6 is 11.3 Å². The average molecular weight is 474 g/mol. The Balaban J connectivity index is 1.56. The minimum Gasteiger partial charge on any atom is -0.494 e. The Kier molecular flexibility index (Phi) is 13.9. The van der Waals surface area contributed by atoms with Gasteiger partial charge in [-0.3, -0.25) is 10.2 Å². The SMILES string of the molecule is CCCCCCCCCCCCOc1ccc(C=NNc2nc(CC(=O)OCC)cs2)cc1. The van der Waals surface area contributed by atoms with Crippen molar-refractivity contribution in [1.82, 2.24) is 4.98 Å². The van der Waals surface area contributed by atoms with Gasteiger partial charge in [-0.25, -0.2) is 4.98 Å². The molecule has 0 radical (unpaired) electrons. The molecule has 0 amide bonds. The molecule has 7 heteroatoms. The van der Waals surface area contributed by atoms with Gasteiger partial charge in [-0.05, 0) is 43.2 Å². The molecule has 6 nitrogen and oxygen atoms in total. The number of nitrogens with one attached hydrogen (secondary N) is 1. The molecule has 2 rings (SSSR count). The normalized spacial score (nSPS) is 11.1. The van der Waals surface area contributed by atoms with Gasteiger partial charge in [0.25, 0.3) is 0 Å². The van der Waals surface area contributed by atoms with E-state index in [-0.39, 0.29) is 12.4 Å². The molecule has 182 valence electrons. The Morgan fingerprint density at radius 3 is 2.33 bits per heavy atom. The number of carbonyl (C=O) groups excluding carboxylic acids is 1. The fraction of sp³-hybridized carbons (Fsp3) is 0.577. The first-order valence-corrected chi connectivity index (χ1v) is 13.2. The molecule has 2 aromatic rings. The molecule has 0 spiro atoms. The number of esters is 1. The molecular formula is C26H39N3O3S. The predicted octanol–water partition coefficient (Wildman–Crippen LogP) is 6.99. The minimum atomic E-state index is -0.270. The highest BCUT2D eigenvalue weighted by Crippen LogP contribution is 2.17. The van der Waals surface area contributed by atoms with Crippen molar-refractivity contribution in [2.45, 2.75) is 84.5 Å². The molecule has 0 fully saturated rings. The molecule has 1 N–H and O–H groups in total. The van der Waals surface area contributed by atoms with Crippen molar-refractivity contribution in [3.8, 4) is 5.75 Å². The van der Waals surface area contributed by atoms with Crippen LogP contribution in [0.1, 0.15) is 89.3 Å². The smallest absolute Gasteiger partial charge is 0.311 e. The lowest BCUT2D eigenvalue weighted by molar-refractivity contribution is -0.142. The maximum atomic E-state index is 11.5. The molecule has 1 heterocycles. The van der Waals surface area contributed by atoms with E-state index in [0.29, 0.717) is 17.4 Å². The van der Waals surface area contributed by atoms with Gasteiger partial charge in [0, 0.05) is 5.38 Å². The minimum absolute atomic E-state index is 0.177. The van der Waals surface area contributed by atoms with Crippen LogP contribution in [0.4, 0.5) is 5.13 Å². The summed E-state index contributed by atoms with van der Waals surface area (Å²) in [6.45, 7) is 5.20. The van der Waals surface area contributed by atoms with E-state index in [0.717, 1.165) is 24.3 Å². The molecule has 0 bridgehead atoms. The van der Waals surface area contributed by atoms with Crippen LogP contribution in [0.3, 0.4) is 0 Å². The Hall–Kier alpha value is -2.41. The molecule has 33 heavy (non-hydrogen) atoms. The second kappa shape index (κ2) is 17.1. The Bertz CT molecular complexity index is 805. The summed E-state index contributed by atoms with van der Waals surface area (Å²) in [4.78, 5) is 15.8. The van der Waals surface area contributed by atoms with E-state index in [9.17, 15) is 4.79 Å². The molecule has 0 aliphatic heterocycles. The number of hydrogen-bond acceptors (Lipinski definition) is 7. The van der Waals surface area contributed by atoms with Crippen molar-refractivity contribution in [3.63, 3.8) is 0 Å². The summed E-state index contributed by atoms with van der Waals surface area (Å²) >= 11 is 1.40. The monoisotopic (exact) mass is 473 g/mol. The molecular weight excluding hydrogens is 434 g/mol. The number of rotatable bonds is 18. The number of carbonyl (C=O) groups is 1. The second-order valence-electron chi connectivity index (χ2n) is 8.10. The summed E-state index contributed by atoms with van der Waals surface area (Å²) in [5.41, 5.74) is 4.55. The first-order valence-electron chi connectivity index (χ1n) is 12.3. The van der Waals surface area contributed by atoms with E-state index in [2.05, 4.69) is 22.4 Å². The lowest BCUT2D eigenvalue weighted by atomic mass is 10.1. The number of thiazole rings is 1. The van der Waals surface area contributed by atoms with Crippen LogP contribution in [-0.4, -0.2) is 30.4 Å². The number of hydrogen-bond donors (Lipinski definition) is 1. The molecule has 0 aliphatic carbocycles. The number of anilines is 1. The number of aromatic nitrogens is 1. The average Bonchev–Trinajstić information content (AvgIpc) is 3.25. The predicted molar refractivity (Wildman–Crippen MR) is 137 cm³/mol. The third-order valence-electron chi connectivity index (χ3n) is 5.20. The van der Waals surface area contributed by atoms with Crippen LogP contribution in [0.15, 0.2) is 34.7 Å². The number of unbranched alkanes of at least 4 members (excludes halogenated alkanes) is 9. The van der Waals surface area contributed by atoms with E-state index in [1.807, 2.05) is 29.6 Å². The fourth-order valence-corrected chi connectivity index (χ4v) is 4.05. The summed E-state index contributed by atoms with van der Waals surface area (Å²) in [7, 11) is 0. The van der Waals surface area contributed by atoms with Crippen LogP contribution in [0.2, 0.25) is 0 Å². The maximum Gasteiger partial charge on any atom is 0.311 e. The zero-order valence-corrected chi connectivity index (χ0v) is 21.0. The van der Waals surface area contributed by atoms with Gasteiger partial charge in [0.1, 0.15) is 5.75 Å². The van der Waals surface area contributed by atoms with Gasteiger partial charge < -0.3 is 9.47 Å². The van der Waals surface area contributed by atoms with Crippen molar-refractivity contribution in [1.29, 1.82) is 0 Å². The van der Waals surface area contributed by atoms with Gasteiger partial charge >= 0.3 is 5.97 Å². The molecule has 0 atom stereocenters. The third-order valence-corrected chi connectivity index (χ3v) is 6.00. The van der Waals surface area contributed by atoms with E-state index >= 15 is 0 Å². The first-order chi connectivity index (χ1) is 16.2. The third kappa shape index (κ3) is 12.4. The summed E-state index contributed by atoms with van der Waals surface area (Å²) < 4.78 is 10.8. The molecule has 0 aliphatic rings. The first kappa shape index (κ1) is 26.8. The largest absolute Gasteiger partial charge is 0.494 e. The summed E-state index contributed by atoms with van der Waals surface area (Å²) in [6.07, 6.45) is 15.2. The number of benzene rings is 1. The van der Waals surface area contributed by atoms with Gasteiger partial charge in [0.2, 0.25) is 5.13 Å². The highest BCUT2D eigenvalue weighted by atomic mass is 32.1. The van der Waals surface area contributed by atoms with Crippen molar-refractivity contribution >= 4 is 28.7 Å². The Morgan fingerprint density at radius 1 is 1.00 bits per heavy atom. The van der Waals surface area contributed by atoms with Crippen molar-refractivity contribution < 1.29 is 14.3 Å². The fourth-order valence-electron chi connectivity index (χ4n) is 3.39. The van der Waals surface area contributed by atoms with Gasteiger partial charge in [0.15, 0.2) is 0 Å². The molecule has 1 aromatic heterocycles. The zero-order chi connectivity index (χ0) is 23.6. The second-order valence-corrected chi connectivity index (χ2v) is 8.95. The number of ether oxygens (including phenoxy) is 2. The van der Waals surface area contributed by atoms with Crippen molar-refractivity contribution in [2.75, 3.05) is 18.6 Å². The lowest BCUT2D eigenvalue weighted by Gasteiger charge is -2.06. The van der Waals surface area contributed by atoms with Crippen molar-refractivity contribution in [2.24, 2.45) is 5.10 Å². The van der Waals surface area contributed by atoms with Gasteiger partial charge in [0.05, 0.1) is 31.5 Å². The quantitative estimate of drug-likeness (QED) is 0.109. The van der Waals surface area contributed by atoms with E-state index < -0.39 is 0 Å². The summed E-state index contributed by atoms with van der Waals surface area (Å²) in [6, 6.07) is 7.90. The maximum absolute atomic E-state index is 11.5. The van der Waals surface area contributed by atoms with Crippen LogP contribution < -0.4 is 10.2 Å². The van der Waals surface area contributed by atoms with E-state index in [1.165, 1.54) is 69.1 Å². The Labute approximate surface area is 202 Å². The molecule has 1 aromatic carbocycles. The van der Waals surface area contributed by atoms with Crippen LogP contribution in [0.5, 0.6) is 5.75 Å². The van der Waals surface area contributed by atoms with E-state index in [1.54, 1.807) is 13.1 Å². The zero-order valence-electron chi connectivity index (χ0n) is 20.2. The number of nitrogens with zero attached hydrogens (tertiary/aromatic N) is 2. The highest BCUT2D eigenvalue weighted by Gasteiger charge is 2.07. The van der Waals surface area contributed by atoms with Gasteiger partial charge in [-0.1, -0.05) is 64.7 Å². The summed E-state index contributed by atoms with van der Waals surface area (Å²) in [5, 5.41) is 6.69. The molecule has 0 saturated heterocycles. The lowest BCUT2D eigenvalue weighted by Crippen LogP contribution is -2.07. The van der Waals surface area contributed by atoms with Crippen molar-refractivity contribution in [3.05, 3.63) is 40.9 Å². The summed E-state index contributed by atoms with van der Waals surface area (Å²) in [5.74, 6) is 0.618.